The van der Waals surface area contributed by atoms with Crippen molar-refractivity contribution in [1.82, 2.24) is 0 Å². The highest BCUT2D eigenvalue weighted by atomic mass is 35.5. The Morgan fingerprint density at radius 1 is 1.06 bits per heavy atom. The summed E-state index contributed by atoms with van der Waals surface area (Å²) < 4.78 is 19.0. The van der Waals surface area contributed by atoms with Crippen molar-refractivity contribution in [3.8, 4) is 11.5 Å². The van der Waals surface area contributed by atoms with Gasteiger partial charge < -0.3 is 10.5 Å². The summed E-state index contributed by atoms with van der Waals surface area (Å²) in [6.45, 7) is 0.0759. The predicted octanol–water partition coefficient (Wildman–Crippen LogP) is 3.73. The van der Waals surface area contributed by atoms with Gasteiger partial charge in [-0.3, -0.25) is 0 Å². The molecule has 2 rings (SSSR count). The molecule has 0 radical (unpaired) electrons. The van der Waals surface area contributed by atoms with E-state index in [1.807, 2.05) is 0 Å². The molecule has 2 aromatic carbocycles. The Morgan fingerprint density at radius 2 is 1.76 bits per heavy atom. The Morgan fingerprint density at radius 3 is 2.47 bits per heavy atom. The molecular weight excluding hydrogens is 241 g/mol. The third-order valence-electron chi connectivity index (χ3n) is 2.34. The molecule has 0 aliphatic carbocycles. The summed E-state index contributed by atoms with van der Waals surface area (Å²) in [4.78, 5) is 0. The van der Waals surface area contributed by atoms with Crippen molar-refractivity contribution in [3.05, 3.63) is 58.9 Å². The van der Waals surface area contributed by atoms with E-state index in [-0.39, 0.29) is 12.4 Å². The van der Waals surface area contributed by atoms with E-state index in [0.717, 1.165) is 0 Å². The average Bonchev–Trinajstić information content (AvgIpc) is 2.32. The number of ether oxygens (including phenoxy) is 1. The van der Waals surface area contributed by atoms with Crippen LogP contribution in [0, 0.1) is 5.82 Å². The van der Waals surface area contributed by atoms with Crippen molar-refractivity contribution >= 4 is 11.6 Å². The van der Waals surface area contributed by atoms with Gasteiger partial charge in [-0.2, -0.15) is 0 Å². The van der Waals surface area contributed by atoms with Crippen LogP contribution in [0.4, 0.5) is 4.39 Å². The van der Waals surface area contributed by atoms with Crippen LogP contribution in [0.2, 0.25) is 5.02 Å². The van der Waals surface area contributed by atoms with E-state index in [4.69, 9.17) is 22.1 Å². The lowest BCUT2D eigenvalue weighted by atomic mass is 10.2. The maximum atomic E-state index is 13.5. The summed E-state index contributed by atoms with van der Waals surface area (Å²) in [7, 11) is 0. The summed E-state index contributed by atoms with van der Waals surface area (Å²) in [6.07, 6.45) is 0. The van der Waals surface area contributed by atoms with Crippen LogP contribution in [-0.4, -0.2) is 0 Å². The zero-order valence-corrected chi connectivity index (χ0v) is 9.75. The van der Waals surface area contributed by atoms with E-state index in [1.54, 1.807) is 36.4 Å². The molecule has 2 aromatic rings. The van der Waals surface area contributed by atoms with Gasteiger partial charge in [-0.15, -0.1) is 0 Å². The van der Waals surface area contributed by atoms with Crippen molar-refractivity contribution in [3.63, 3.8) is 0 Å². The fraction of sp³-hybridized carbons (Fsp3) is 0.0769. The molecule has 88 valence electrons. The van der Waals surface area contributed by atoms with Gasteiger partial charge >= 0.3 is 0 Å². The quantitative estimate of drug-likeness (QED) is 0.902. The Bertz CT molecular complexity index is 531. The van der Waals surface area contributed by atoms with Crippen LogP contribution in [0.25, 0.3) is 0 Å². The Labute approximate surface area is 104 Å². The first kappa shape index (κ1) is 11.9. The van der Waals surface area contributed by atoms with Crippen molar-refractivity contribution in [1.29, 1.82) is 0 Å². The Balaban J connectivity index is 2.37. The molecule has 17 heavy (non-hydrogen) atoms. The summed E-state index contributed by atoms with van der Waals surface area (Å²) in [6, 6.07) is 11.6. The monoisotopic (exact) mass is 251 g/mol. The first-order valence-electron chi connectivity index (χ1n) is 5.12. The van der Waals surface area contributed by atoms with E-state index in [2.05, 4.69) is 0 Å². The molecule has 0 spiro atoms. The second kappa shape index (κ2) is 5.17. The van der Waals surface area contributed by atoms with Crippen molar-refractivity contribution in [2.24, 2.45) is 5.73 Å². The highest BCUT2D eigenvalue weighted by Gasteiger charge is 2.10. The number of hydrogen-bond acceptors (Lipinski definition) is 2. The van der Waals surface area contributed by atoms with E-state index in [1.165, 1.54) is 6.07 Å². The SMILES string of the molecule is NCc1c(F)cccc1Oc1ccccc1Cl. The zero-order chi connectivity index (χ0) is 12.3. The van der Waals surface area contributed by atoms with E-state index in [0.29, 0.717) is 22.1 Å². The van der Waals surface area contributed by atoms with Gasteiger partial charge in [0.15, 0.2) is 0 Å². The van der Waals surface area contributed by atoms with Gasteiger partial charge in [0.1, 0.15) is 17.3 Å². The minimum Gasteiger partial charge on any atom is -0.455 e. The maximum absolute atomic E-state index is 13.5. The molecule has 0 atom stereocenters. The van der Waals surface area contributed by atoms with E-state index < -0.39 is 0 Å². The molecular formula is C13H11ClFNO. The Hall–Kier alpha value is -1.58. The van der Waals surface area contributed by atoms with Gasteiger partial charge in [0.2, 0.25) is 0 Å². The molecule has 2 nitrogen and oxygen atoms in total. The third kappa shape index (κ3) is 2.57. The van der Waals surface area contributed by atoms with Crippen molar-refractivity contribution < 1.29 is 9.13 Å². The second-order valence-electron chi connectivity index (χ2n) is 3.45. The van der Waals surface area contributed by atoms with Crippen LogP contribution in [0.15, 0.2) is 42.5 Å². The number of para-hydroxylation sites is 1. The molecule has 2 N–H and O–H groups in total. The third-order valence-corrected chi connectivity index (χ3v) is 2.65. The van der Waals surface area contributed by atoms with Crippen LogP contribution in [0.1, 0.15) is 5.56 Å². The maximum Gasteiger partial charge on any atom is 0.146 e. The largest absolute Gasteiger partial charge is 0.455 e. The number of halogens is 2. The summed E-state index contributed by atoms with van der Waals surface area (Å²) in [5.41, 5.74) is 5.83. The summed E-state index contributed by atoms with van der Waals surface area (Å²) in [5.74, 6) is 0.493. The molecule has 0 bridgehead atoms. The minimum atomic E-state index is -0.378. The summed E-state index contributed by atoms with van der Waals surface area (Å²) in [5, 5.41) is 0.472. The topological polar surface area (TPSA) is 35.2 Å². The summed E-state index contributed by atoms with van der Waals surface area (Å²) >= 11 is 5.96. The number of hydrogen-bond donors (Lipinski definition) is 1. The van der Waals surface area contributed by atoms with E-state index in [9.17, 15) is 4.39 Å². The lowest BCUT2D eigenvalue weighted by molar-refractivity contribution is 0.467. The first-order valence-corrected chi connectivity index (χ1v) is 5.50. The fourth-order valence-electron chi connectivity index (χ4n) is 1.48. The molecule has 0 aromatic heterocycles. The second-order valence-corrected chi connectivity index (χ2v) is 3.86. The van der Waals surface area contributed by atoms with Crippen LogP contribution in [0.3, 0.4) is 0 Å². The van der Waals surface area contributed by atoms with Gasteiger partial charge in [-0.05, 0) is 24.3 Å². The van der Waals surface area contributed by atoms with Crippen LogP contribution >= 0.6 is 11.6 Å². The fourth-order valence-corrected chi connectivity index (χ4v) is 1.65. The predicted molar refractivity (Wildman–Crippen MR) is 65.8 cm³/mol. The van der Waals surface area contributed by atoms with E-state index >= 15 is 0 Å². The number of nitrogens with two attached hydrogens (primary N) is 1. The molecule has 0 fully saturated rings. The molecule has 4 heteroatoms. The molecule has 0 aliphatic heterocycles. The van der Waals surface area contributed by atoms with Crippen molar-refractivity contribution in [2.75, 3.05) is 0 Å². The smallest absolute Gasteiger partial charge is 0.146 e. The molecule has 0 unspecified atom stereocenters. The zero-order valence-electron chi connectivity index (χ0n) is 8.99. The molecule has 0 saturated carbocycles. The van der Waals surface area contributed by atoms with Gasteiger partial charge in [0.25, 0.3) is 0 Å². The lowest BCUT2D eigenvalue weighted by Gasteiger charge is -2.11. The highest BCUT2D eigenvalue weighted by molar-refractivity contribution is 6.32. The molecule has 0 aliphatic rings. The average molecular weight is 252 g/mol. The van der Waals surface area contributed by atoms with Gasteiger partial charge in [-0.1, -0.05) is 29.8 Å². The minimum absolute atomic E-state index is 0.0759. The molecule has 0 saturated heterocycles. The first-order chi connectivity index (χ1) is 8.22. The van der Waals surface area contributed by atoms with Gasteiger partial charge in [0.05, 0.1) is 5.02 Å². The normalized spacial score (nSPS) is 10.3. The van der Waals surface area contributed by atoms with Gasteiger partial charge in [-0.25, -0.2) is 4.39 Å². The van der Waals surface area contributed by atoms with Gasteiger partial charge in [0, 0.05) is 12.1 Å². The standard InChI is InChI=1S/C13H11ClFNO/c14-10-4-1-2-6-13(10)17-12-7-3-5-11(15)9(12)8-16/h1-7H,8,16H2. The Kier molecular flexibility index (Phi) is 3.61. The molecule has 0 heterocycles. The van der Waals surface area contributed by atoms with Crippen molar-refractivity contribution in [2.45, 2.75) is 6.54 Å². The molecule has 0 amide bonds. The highest BCUT2D eigenvalue weighted by Crippen LogP contribution is 2.31. The van der Waals surface area contributed by atoms with Crippen LogP contribution in [0.5, 0.6) is 11.5 Å². The van der Waals surface area contributed by atoms with Crippen LogP contribution in [-0.2, 0) is 6.54 Å². The van der Waals surface area contributed by atoms with Crippen LogP contribution < -0.4 is 10.5 Å². The lowest BCUT2D eigenvalue weighted by Crippen LogP contribution is -2.02. The number of rotatable bonds is 3. The number of benzene rings is 2.